The molecule has 1 heterocycles. The second-order valence-electron chi connectivity index (χ2n) is 4.30. The Kier molecular flexibility index (Phi) is 3.84. The van der Waals surface area contributed by atoms with E-state index in [1.165, 1.54) is 0 Å². The standard InChI is InChI=1S/C13H18O3S/c1-8-6-17-7-9-10(15-2)4-5-11(16-3)12(9)13(8)14/h4-5,8,13-14H,6-7H2,1-3H3. The summed E-state index contributed by atoms with van der Waals surface area (Å²) in [6.07, 6.45) is -0.481. The number of aliphatic hydroxyl groups is 1. The van der Waals surface area contributed by atoms with Crippen LogP contribution in [0.3, 0.4) is 0 Å². The van der Waals surface area contributed by atoms with Crippen LogP contribution in [0.15, 0.2) is 12.1 Å². The number of benzene rings is 1. The largest absolute Gasteiger partial charge is 0.496 e. The van der Waals surface area contributed by atoms with Crippen LogP contribution in [0.5, 0.6) is 11.5 Å². The Bertz CT molecular complexity index is 406. The van der Waals surface area contributed by atoms with Gasteiger partial charge < -0.3 is 14.6 Å². The van der Waals surface area contributed by atoms with Crippen molar-refractivity contribution in [1.82, 2.24) is 0 Å². The summed E-state index contributed by atoms with van der Waals surface area (Å²) in [6, 6.07) is 3.77. The van der Waals surface area contributed by atoms with E-state index in [0.29, 0.717) is 0 Å². The van der Waals surface area contributed by atoms with Gasteiger partial charge in [-0.05, 0) is 23.8 Å². The molecular formula is C13H18O3S. The topological polar surface area (TPSA) is 38.7 Å². The molecule has 4 heteroatoms. The Balaban J connectivity index is 2.58. The Labute approximate surface area is 106 Å². The minimum absolute atomic E-state index is 0.224. The quantitative estimate of drug-likeness (QED) is 0.880. The summed E-state index contributed by atoms with van der Waals surface area (Å²) in [5, 5.41) is 10.4. The first-order chi connectivity index (χ1) is 8.19. The van der Waals surface area contributed by atoms with E-state index in [2.05, 4.69) is 6.92 Å². The summed E-state index contributed by atoms with van der Waals surface area (Å²) in [5.41, 5.74) is 1.96. The third-order valence-electron chi connectivity index (χ3n) is 3.18. The molecule has 1 aliphatic heterocycles. The van der Waals surface area contributed by atoms with Gasteiger partial charge in [0, 0.05) is 16.9 Å². The van der Waals surface area contributed by atoms with Gasteiger partial charge in [-0.15, -0.1) is 0 Å². The van der Waals surface area contributed by atoms with Crippen molar-refractivity contribution in [2.75, 3.05) is 20.0 Å². The van der Waals surface area contributed by atoms with Gasteiger partial charge in [-0.3, -0.25) is 0 Å². The molecule has 2 rings (SSSR count). The normalized spacial score (nSPS) is 23.8. The summed E-state index contributed by atoms with van der Waals surface area (Å²) >= 11 is 1.82. The van der Waals surface area contributed by atoms with Gasteiger partial charge in [0.2, 0.25) is 0 Å². The van der Waals surface area contributed by atoms with Gasteiger partial charge in [-0.2, -0.15) is 11.8 Å². The fraction of sp³-hybridized carbons (Fsp3) is 0.538. The van der Waals surface area contributed by atoms with Crippen molar-refractivity contribution in [3.63, 3.8) is 0 Å². The second-order valence-corrected chi connectivity index (χ2v) is 5.33. The molecule has 0 saturated heterocycles. The minimum atomic E-state index is -0.481. The van der Waals surface area contributed by atoms with Crippen LogP contribution in [-0.2, 0) is 5.75 Å². The van der Waals surface area contributed by atoms with Gasteiger partial charge >= 0.3 is 0 Å². The summed E-state index contributed by atoms with van der Waals surface area (Å²) in [4.78, 5) is 0. The zero-order valence-corrected chi connectivity index (χ0v) is 11.2. The van der Waals surface area contributed by atoms with E-state index in [4.69, 9.17) is 9.47 Å². The number of hydrogen-bond acceptors (Lipinski definition) is 4. The van der Waals surface area contributed by atoms with Gasteiger partial charge in [0.15, 0.2) is 0 Å². The van der Waals surface area contributed by atoms with Crippen LogP contribution in [0.25, 0.3) is 0 Å². The molecule has 0 spiro atoms. The second kappa shape index (κ2) is 5.19. The van der Waals surface area contributed by atoms with E-state index in [-0.39, 0.29) is 5.92 Å². The highest BCUT2D eigenvalue weighted by Gasteiger charge is 2.28. The Morgan fingerprint density at radius 1 is 1.24 bits per heavy atom. The average Bonchev–Trinajstić information content (AvgIpc) is 2.50. The number of rotatable bonds is 2. The van der Waals surface area contributed by atoms with Crippen molar-refractivity contribution >= 4 is 11.8 Å². The first-order valence-corrected chi connectivity index (χ1v) is 6.84. The first kappa shape index (κ1) is 12.6. The van der Waals surface area contributed by atoms with E-state index in [0.717, 1.165) is 34.1 Å². The van der Waals surface area contributed by atoms with Crippen LogP contribution in [0.1, 0.15) is 24.2 Å². The highest BCUT2D eigenvalue weighted by Crippen LogP contribution is 2.43. The molecule has 0 saturated carbocycles. The summed E-state index contributed by atoms with van der Waals surface area (Å²) < 4.78 is 10.7. The zero-order valence-electron chi connectivity index (χ0n) is 10.4. The number of methoxy groups -OCH3 is 2. The predicted octanol–water partition coefficient (Wildman–Crippen LogP) is 2.62. The zero-order chi connectivity index (χ0) is 12.4. The third-order valence-corrected chi connectivity index (χ3v) is 4.43. The van der Waals surface area contributed by atoms with Crippen molar-refractivity contribution in [3.05, 3.63) is 23.3 Å². The molecule has 1 aromatic rings. The maximum atomic E-state index is 10.4. The van der Waals surface area contributed by atoms with E-state index in [1.54, 1.807) is 14.2 Å². The molecule has 2 unspecified atom stereocenters. The molecule has 3 nitrogen and oxygen atoms in total. The fourth-order valence-corrected chi connectivity index (χ4v) is 3.36. The lowest BCUT2D eigenvalue weighted by Gasteiger charge is -2.21. The lowest BCUT2D eigenvalue weighted by molar-refractivity contribution is 0.125. The van der Waals surface area contributed by atoms with Gasteiger partial charge in [-0.1, -0.05) is 6.92 Å². The fourth-order valence-electron chi connectivity index (χ4n) is 2.19. The molecule has 0 aromatic heterocycles. The minimum Gasteiger partial charge on any atom is -0.496 e. The SMILES string of the molecule is COc1ccc(OC)c2c1CSCC(C)C2O. The molecule has 94 valence electrons. The smallest absolute Gasteiger partial charge is 0.125 e. The van der Waals surface area contributed by atoms with Gasteiger partial charge in [0.1, 0.15) is 11.5 Å². The third kappa shape index (κ3) is 2.24. The molecular weight excluding hydrogens is 236 g/mol. The molecule has 0 amide bonds. The molecule has 2 atom stereocenters. The van der Waals surface area contributed by atoms with E-state index < -0.39 is 6.10 Å². The first-order valence-electron chi connectivity index (χ1n) is 5.68. The van der Waals surface area contributed by atoms with Crippen molar-refractivity contribution in [2.45, 2.75) is 18.8 Å². The lowest BCUT2D eigenvalue weighted by atomic mass is 9.94. The number of thioether (sulfide) groups is 1. The van der Waals surface area contributed by atoms with Crippen molar-refractivity contribution in [1.29, 1.82) is 0 Å². The van der Waals surface area contributed by atoms with Crippen LogP contribution >= 0.6 is 11.8 Å². The number of aliphatic hydroxyl groups excluding tert-OH is 1. The van der Waals surface area contributed by atoms with E-state index in [1.807, 2.05) is 23.9 Å². The van der Waals surface area contributed by atoms with Crippen LogP contribution in [0.2, 0.25) is 0 Å². The maximum Gasteiger partial charge on any atom is 0.125 e. The van der Waals surface area contributed by atoms with Crippen molar-refractivity contribution in [2.24, 2.45) is 5.92 Å². The average molecular weight is 254 g/mol. The highest BCUT2D eigenvalue weighted by atomic mass is 32.2. The molecule has 0 aliphatic carbocycles. The van der Waals surface area contributed by atoms with Crippen LogP contribution in [0.4, 0.5) is 0 Å². The molecule has 1 N–H and O–H groups in total. The van der Waals surface area contributed by atoms with Gasteiger partial charge in [0.25, 0.3) is 0 Å². The highest BCUT2D eigenvalue weighted by molar-refractivity contribution is 7.98. The summed E-state index contributed by atoms with van der Waals surface area (Å²) in [7, 11) is 3.30. The number of fused-ring (bicyclic) bond motifs is 1. The molecule has 0 fully saturated rings. The van der Waals surface area contributed by atoms with Crippen LogP contribution < -0.4 is 9.47 Å². The predicted molar refractivity (Wildman–Crippen MR) is 69.8 cm³/mol. The number of hydrogen-bond donors (Lipinski definition) is 1. The Morgan fingerprint density at radius 3 is 2.53 bits per heavy atom. The molecule has 1 aliphatic rings. The number of ether oxygens (including phenoxy) is 2. The Morgan fingerprint density at radius 2 is 1.88 bits per heavy atom. The van der Waals surface area contributed by atoms with Crippen molar-refractivity contribution < 1.29 is 14.6 Å². The van der Waals surface area contributed by atoms with Crippen LogP contribution in [0, 0.1) is 5.92 Å². The Hall–Kier alpha value is -0.870. The summed E-state index contributed by atoms with van der Waals surface area (Å²) in [5.74, 6) is 3.62. The molecule has 0 radical (unpaired) electrons. The lowest BCUT2D eigenvalue weighted by Crippen LogP contribution is -2.12. The molecule has 0 bridgehead atoms. The monoisotopic (exact) mass is 254 g/mol. The maximum absolute atomic E-state index is 10.4. The molecule has 1 aromatic carbocycles. The molecule has 17 heavy (non-hydrogen) atoms. The van der Waals surface area contributed by atoms with Crippen molar-refractivity contribution in [3.8, 4) is 11.5 Å². The van der Waals surface area contributed by atoms with E-state index in [9.17, 15) is 5.11 Å². The summed E-state index contributed by atoms with van der Waals surface area (Å²) in [6.45, 7) is 2.06. The van der Waals surface area contributed by atoms with Gasteiger partial charge in [-0.25, -0.2) is 0 Å². The van der Waals surface area contributed by atoms with E-state index >= 15 is 0 Å². The van der Waals surface area contributed by atoms with Gasteiger partial charge in [0.05, 0.1) is 20.3 Å². The van der Waals surface area contributed by atoms with Crippen LogP contribution in [-0.4, -0.2) is 25.1 Å².